The van der Waals surface area contributed by atoms with Crippen LogP contribution in [-0.2, 0) is 6.42 Å². The average molecular weight is 262 g/mol. The summed E-state index contributed by atoms with van der Waals surface area (Å²) in [6, 6.07) is 8.12. The molecule has 0 radical (unpaired) electrons. The number of rotatable bonds is 2. The van der Waals surface area contributed by atoms with Gasteiger partial charge in [-0.3, -0.25) is 0 Å². The second kappa shape index (κ2) is 10.1. The largest absolute Gasteiger partial charge is 0.400 e. The van der Waals surface area contributed by atoms with E-state index in [0.29, 0.717) is 11.6 Å². The molecule has 0 saturated carbocycles. The van der Waals surface area contributed by atoms with Crippen molar-refractivity contribution in [1.29, 1.82) is 0 Å². The van der Waals surface area contributed by atoms with Gasteiger partial charge >= 0.3 is 0 Å². The zero-order valence-electron chi connectivity index (χ0n) is 12.3. The van der Waals surface area contributed by atoms with Crippen LogP contribution in [0.25, 0.3) is 11.4 Å². The standard InChI is InChI=1S/C11H12N4.C2H6.CH4O/c1-3-9-4-6-10(7-5-9)11-14-12-8(2)13-15-11;2*1-2/h4-7H,3H2,1-2H3;1-2H3;2H,1H3. The van der Waals surface area contributed by atoms with E-state index in [1.165, 1.54) is 5.56 Å². The monoisotopic (exact) mass is 262 g/mol. The van der Waals surface area contributed by atoms with Gasteiger partial charge in [0.2, 0.25) is 5.82 Å². The first-order valence-corrected chi connectivity index (χ1v) is 6.37. The van der Waals surface area contributed by atoms with E-state index in [0.717, 1.165) is 19.1 Å². The number of hydrogen-bond acceptors (Lipinski definition) is 5. The molecule has 5 nitrogen and oxygen atoms in total. The van der Waals surface area contributed by atoms with E-state index in [1.807, 2.05) is 26.0 Å². The van der Waals surface area contributed by atoms with E-state index in [-0.39, 0.29) is 0 Å². The molecule has 0 spiro atoms. The molecule has 0 bridgehead atoms. The molecule has 0 fully saturated rings. The molecule has 104 valence electrons. The molecule has 0 amide bonds. The highest BCUT2D eigenvalue weighted by molar-refractivity contribution is 5.54. The van der Waals surface area contributed by atoms with Gasteiger partial charge in [0.05, 0.1) is 0 Å². The molecule has 1 N–H and O–H groups in total. The molecule has 1 aromatic carbocycles. The molecule has 0 atom stereocenters. The molecule has 2 aromatic rings. The molecule has 19 heavy (non-hydrogen) atoms. The maximum absolute atomic E-state index is 7.00. The topological polar surface area (TPSA) is 71.8 Å². The minimum Gasteiger partial charge on any atom is -0.400 e. The number of benzene rings is 1. The molecule has 1 aromatic heterocycles. The fourth-order valence-corrected chi connectivity index (χ4v) is 1.28. The maximum Gasteiger partial charge on any atom is 0.203 e. The van der Waals surface area contributed by atoms with Gasteiger partial charge in [-0.05, 0) is 18.9 Å². The van der Waals surface area contributed by atoms with Crippen molar-refractivity contribution in [2.45, 2.75) is 34.1 Å². The van der Waals surface area contributed by atoms with Crippen LogP contribution in [0.4, 0.5) is 0 Å². The summed E-state index contributed by atoms with van der Waals surface area (Å²) < 4.78 is 0. The van der Waals surface area contributed by atoms with Crippen LogP contribution in [0, 0.1) is 6.92 Å². The molecule has 0 saturated heterocycles. The summed E-state index contributed by atoms with van der Waals surface area (Å²) in [5.74, 6) is 1.16. The molecule has 0 aliphatic carbocycles. The first-order chi connectivity index (χ1) is 9.29. The smallest absolute Gasteiger partial charge is 0.203 e. The Hall–Kier alpha value is -1.88. The highest BCUT2D eigenvalue weighted by Crippen LogP contribution is 2.13. The lowest BCUT2D eigenvalue weighted by Gasteiger charge is -1.99. The summed E-state index contributed by atoms with van der Waals surface area (Å²) >= 11 is 0. The van der Waals surface area contributed by atoms with Crippen LogP contribution in [0.3, 0.4) is 0 Å². The lowest BCUT2D eigenvalue weighted by molar-refractivity contribution is 0.399. The van der Waals surface area contributed by atoms with Crippen molar-refractivity contribution in [3.05, 3.63) is 35.7 Å². The Bertz CT molecular complexity index is 440. The van der Waals surface area contributed by atoms with Gasteiger partial charge in [-0.15, -0.1) is 20.4 Å². The van der Waals surface area contributed by atoms with Gasteiger partial charge < -0.3 is 5.11 Å². The van der Waals surface area contributed by atoms with Gasteiger partial charge in [-0.2, -0.15) is 0 Å². The number of aliphatic hydroxyl groups excluding tert-OH is 1. The molecular weight excluding hydrogens is 240 g/mol. The predicted molar refractivity (Wildman–Crippen MR) is 76.7 cm³/mol. The van der Waals surface area contributed by atoms with E-state index in [1.54, 1.807) is 6.92 Å². The van der Waals surface area contributed by atoms with Gasteiger partial charge in [-0.1, -0.05) is 45.0 Å². The number of aromatic nitrogens is 4. The van der Waals surface area contributed by atoms with Crippen molar-refractivity contribution in [2.75, 3.05) is 7.11 Å². The van der Waals surface area contributed by atoms with Gasteiger partial charge in [-0.25, -0.2) is 0 Å². The molecule has 5 heteroatoms. The third-order valence-corrected chi connectivity index (χ3v) is 2.20. The van der Waals surface area contributed by atoms with Crippen molar-refractivity contribution >= 4 is 0 Å². The Kier molecular flexibility index (Phi) is 9.08. The Morgan fingerprint density at radius 2 is 1.37 bits per heavy atom. The normalized spacial score (nSPS) is 8.74. The number of hydrogen-bond donors (Lipinski definition) is 1. The summed E-state index contributed by atoms with van der Waals surface area (Å²) in [4.78, 5) is 0. The van der Waals surface area contributed by atoms with Crippen molar-refractivity contribution < 1.29 is 5.11 Å². The van der Waals surface area contributed by atoms with Crippen LogP contribution >= 0.6 is 0 Å². The maximum atomic E-state index is 7.00. The minimum absolute atomic E-state index is 0.572. The zero-order chi connectivity index (χ0) is 14.7. The van der Waals surface area contributed by atoms with Crippen LogP contribution in [0.2, 0.25) is 0 Å². The Morgan fingerprint density at radius 3 is 1.79 bits per heavy atom. The molecule has 0 unspecified atom stereocenters. The number of nitrogens with zero attached hydrogens (tertiary/aromatic N) is 4. The van der Waals surface area contributed by atoms with Crippen LogP contribution in [0.5, 0.6) is 0 Å². The first kappa shape index (κ1) is 17.1. The Labute approximate surface area is 114 Å². The number of aliphatic hydroxyl groups is 1. The Balaban J connectivity index is 0.000000741. The minimum atomic E-state index is 0.572. The fourth-order valence-electron chi connectivity index (χ4n) is 1.28. The van der Waals surface area contributed by atoms with Crippen molar-refractivity contribution in [3.8, 4) is 11.4 Å². The molecule has 0 aliphatic heterocycles. The second-order valence-electron chi connectivity index (χ2n) is 3.32. The molecule has 2 rings (SSSR count). The third kappa shape index (κ3) is 5.52. The van der Waals surface area contributed by atoms with Gasteiger partial charge in [0.25, 0.3) is 0 Å². The first-order valence-electron chi connectivity index (χ1n) is 6.37. The quantitative estimate of drug-likeness (QED) is 0.900. The lowest BCUT2D eigenvalue weighted by atomic mass is 10.1. The predicted octanol–water partition coefficient (Wildman–Crippen LogP) is 2.44. The van der Waals surface area contributed by atoms with Gasteiger partial charge in [0.15, 0.2) is 5.82 Å². The molecule has 0 aliphatic rings. The highest BCUT2D eigenvalue weighted by atomic mass is 16.2. The van der Waals surface area contributed by atoms with E-state index in [4.69, 9.17) is 5.11 Å². The zero-order valence-corrected chi connectivity index (χ0v) is 12.3. The summed E-state index contributed by atoms with van der Waals surface area (Å²) in [6.45, 7) is 7.89. The van der Waals surface area contributed by atoms with E-state index in [2.05, 4.69) is 39.5 Å². The van der Waals surface area contributed by atoms with Crippen molar-refractivity contribution in [1.82, 2.24) is 20.4 Å². The summed E-state index contributed by atoms with van der Waals surface area (Å²) in [7, 11) is 1.00. The van der Waals surface area contributed by atoms with Gasteiger partial charge in [0, 0.05) is 12.7 Å². The third-order valence-electron chi connectivity index (χ3n) is 2.20. The Morgan fingerprint density at radius 1 is 0.895 bits per heavy atom. The van der Waals surface area contributed by atoms with Crippen LogP contribution in [0.15, 0.2) is 24.3 Å². The van der Waals surface area contributed by atoms with Gasteiger partial charge in [0.1, 0.15) is 0 Å². The summed E-state index contributed by atoms with van der Waals surface area (Å²) in [6.07, 6.45) is 1.03. The van der Waals surface area contributed by atoms with Crippen LogP contribution in [0.1, 0.15) is 32.2 Å². The van der Waals surface area contributed by atoms with E-state index < -0.39 is 0 Å². The highest BCUT2D eigenvalue weighted by Gasteiger charge is 2.01. The van der Waals surface area contributed by atoms with Crippen LogP contribution < -0.4 is 0 Å². The second-order valence-corrected chi connectivity index (χ2v) is 3.32. The summed E-state index contributed by atoms with van der Waals surface area (Å²) in [5.41, 5.74) is 2.25. The average Bonchev–Trinajstić information content (AvgIpc) is 2.52. The fraction of sp³-hybridized carbons (Fsp3) is 0.429. The molecular formula is C14H22N4O. The lowest BCUT2D eigenvalue weighted by Crippen LogP contribution is -1.98. The van der Waals surface area contributed by atoms with Crippen LogP contribution in [-0.4, -0.2) is 32.6 Å². The van der Waals surface area contributed by atoms with Crippen molar-refractivity contribution in [2.24, 2.45) is 0 Å². The van der Waals surface area contributed by atoms with E-state index >= 15 is 0 Å². The van der Waals surface area contributed by atoms with E-state index in [9.17, 15) is 0 Å². The summed E-state index contributed by atoms with van der Waals surface area (Å²) in [5, 5.41) is 22.7. The SMILES string of the molecule is CC.CCc1ccc(-c2nnc(C)nn2)cc1.CO. The number of aryl methyl sites for hydroxylation is 2. The van der Waals surface area contributed by atoms with Crippen molar-refractivity contribution in [3.63, 3.8) is 0 Å². The molecule has 1 heterocycles.